The van der Waals surface area contributed by atoms with Crippen LogP contribution in [-0.4, -0.2) is 56.4 Å². The first kappa shape index (κ1) is 15.9. The third-order valence-corrected chi connectivity index (χ3v) is 5.78. The first-order valence-electron chi connectivity index (χ1n) is 6.58. The van der Waals surface area contributed by atoms with Gasteiger partial charge in [0.2, 0.25) is 10.0 Å². The average molecular weight is 278 g/mol. The number of nitrogens with zero attached hydrogens (tertiary/aromatic N) is 1. The molecule has 5 nitrogen and oxygen atoms in total. The van der Waals surface area contributed by atoms with E-state index in [-0.39, 0.29) is 12.1 Å². The fourth-order valence-electron chi connectivity index (χ4n) is 2.18. The molecule has 0 aromatic carbocycles. The fraction of sp³-hybridized carbons (Fsp3) is 1.00. The minimum Gasteiger partial charge on any atom is -0.377 e. The lowest BCUT2D eigenvalue weighted by molar-refractivity contribution is 0.102. The van der Waals surface area contributed by atoms with Gasteiger partial charge < -0.3 is 10.1 Å². The van der Waals surface area contributed by atoms with Crippen molar-refractivity contribution in [2.24, 2.45) is 0 Å². The van der Waals surface area contributed by atoms with E-state index in [1.165, 1.54) is 4.31 Å². The molecule has 0 spiro atoms. The average Bonchev–Trinajstić information content (AvgIpc) is 2.70. The van der Waals surface area contributed by atoms with Crippen LogP contribution in [0.2, 0.25) is 0 Å². The summed E-state index contributed by atoms with van der Waals surface area (Å²) in [4.78, 5) is 0. The van der Waals surface area contributed by atoms with E-state index in [0.717, 1.165) is 6.42 Å². The highest BCUT2D eigenvalue weighted by molar-refractivity contribution is 7.89. The highest BCUT2D eigenvalue weighted by Crippen LogP contribution is 2.22. The van der Waals surface area contributed by atoms with Gasteiger partial charge in [-0.25, -0.2) is 8.42 Å². The number of ether oxygens (including phenoxy) is 1. The maximum Gasteiger partial charge on any atom is 0.218 e. The molecule has 108 valence electrons. The van der Waals surface area contributed by atoms with E-state index in [1.807, 2.05) is 20.8 Å². The van der Waals surface area contributed by atoms with Gasteiger partial charge >= 0.3 is 0 Å². The molecule has 0 aliphatic carbocycles. The van der Waals surface area contributed by atoms with Crippen LogP contribution in [0.15, 0.2) is 0 Å². The number of hydrogen-bond donors (Lipinski definition) is 1. The molecule has 1 saturated heterocycles. The second kappa shape index (κ2) is 6.32. The number of sulfonamides is 1. The summed E-state index contributed by atoms with van der Waals surface area (Å²) in [7, 11) is -1.60. The van der Waals surface area contributed by atoms with E-state index in [4.69, 9.17) is 4.74 Å². The molecular formula is C12H26N2O3S. The molecule has 1 rings (SSSR count). The van der Waals surface area contributed by atoms with Gasteiger partial charge in [-0.05, 0) is 20.3 Å². The quantitative estimate of drug-likeness (QED) is 0.781. The predicted molar refractivity (Wildman–Crippen MR) is 73.1 cm³/mol. The molecular weight excluding hydrogens is 252 g/mol. The normalized spacial score (nSPS) is 27.1. The Morgan fingerprint density at radius 1 is 1.39 bits per heavy atom. The van der Waals surface area contributed by atoms with Gasteiger partial charge in [-0.1, -0.05) is 13.8 Å². The Morgan fingerprint density at radius 3 is 2.44 bits per heavy atom. The Balaban J connectivity index is 2.66. The van der Waals surface area contributed by atoms with Crippen molar-refractivity contribution in [2.75, 3.05) is 20.2 Å². The highest BCUT2D eigenvalue weighted by Gasteiger charge is 2.36. The molecule has 3 unspecified atom stereocenters. The van der Waals surface area contributed by atoms with Crippen LogP contribution in [0.5, 0.6) is 0 Å². The summed E-state index contributed by atoms with van der Waals surface area (Å²) in [6.07, 6.45) is 0.761. The fourth-order valence-corrected chi connectivity index (χ4v) is 3.71. The van der Waals surface area contributed by atoms with Crippen LogP contribution in [0.3, 0.4) is 0 Å². The first-order chi connectivity index (χ1) is 8.26. The van der Waals surface area contributed by atoms with E-state index in [2.05, 4.69) is 5.32 Å². The zero-order valence-corrected chi connectivity index (χ0v) is 12.8. The zero-order valence-electron chi connectivity index (χ0n) is 12.0. The second-order valence-corrected chi connectivity index (χ2v) is 7.78. The van der Waals surface area contributed by atoms with E-state index in [9.17, 15) is 8.42 Å². The molecule has 1 N–H and O–H groups in total. The monoisotopic (exact) mass is 278 g/mol. The van der Waals surface area contributed by atoms with E-state index in [0.29, 0.717) is 19.2 Å². The Hall–Kier alpha value is -0.170. The summed E-state index contributed by atoms with van der Waals surface area (Å²) < 4.78 is 31.7. The van der Waals surface area contributed by atoms with Crippen LogP contribution in [0.25, 0.3) is 0 Å². The molecule has 0 saturated carbocycles. The van der Waals surface area contributed by atoms with Crippen LogP contribution in [0.4, 0.5) is 0 Å². The standard InChI is InChI=1S/C12H26N2O3S/c1-9(2)13-8-10(3)18(15,16)14(5)12-6-7-17-11(12)4/h9-13H,6-8H2,1-5H3. The van der Waals surface area contributed by atoms with Crippen LogP contribution in [0, 0.1) is 0 Å². The SMILES string of the molecule is CC(C)NCC(C)S(=O)(=O)N(C)C1CCOC1C. The predicted octanol–water partition coefficient (Wildman–Crippen LogP) is 0.812. The lowest BCUT2D eigenvalue weighted by Gasteiger charge is -2.29. The summed E-state index contributed by atoms with van der Waals surface area (Å²) in [5.74, 6) is 0. The van der Waals surface area contributed by atoms with Gasteiger partial charge in [0, 0.05) is 26.2 Å². The summed E-state index contributed by atoms with van der Waals surface area (Å²) in [5, 5.41) is 2.75. The lowest BCUT2D eigenvalue weighted by atomic mass is 10.2. The Bertz CT molecular complexity index is 356. The molecule has 0 radical (unpaired) electrons. The van der Waals surface area contributed by atoms with Crippen molar-refractivity contribution in [3.05, 3.63) is 0 Å². The number of rotatable bonds is 6. The summed E-state index contributed by atoms with van der Waals surface area (Å²) in [5.41, 5.74) is 0. The van der Waals surface area contributed by atoms with Gasteiger partial charge in [-0.15, -0.1) is 0 Å². The largest absolute Gasteiger partial charge is 0.377 e. The van der Waals surface area contributed by atoms with Crippen molar-refractivity contribution >= 4 is 10.0 Å². The summed E-state index contributed by atoms with van der Waals surface area (Å²) in [6.45, 7) is 8.82. The van der Waals surface area contributed by atoms with Crippen molar-refractivity contribution in [2.45, 2.75) is 57.6 Å². The van der Waals surface area contributed by atoms with Gasteiger partial charge in [0.05, 0.1) is 17.4 Å². The van der Waals surface area contributed by atoms with Crippen molar-refractivity contribution in [1.29, 1.82) is 0 Å². The highest BCUT2D eigenvalue weighted by atomic mass is 32.2. The molecule has 3 atom stereocenters. The van der Waals surface area contributed by atoms with Crippen molar-refractivity contribution in [3.8, 4) is 0 Å². The Morgan fingerprint density at radius 2 is 2.00 bits per heavy atom. The zero-order chi connectivity index (χ0) is 13.9. The molecule has 6 heteroatoms. The van der Waals surface area contributed by atoms with Crippen LogP contribution >= 0.6 is 0 Å². The van der Waals surface area contributed by atoms with Crippen molar-refractivity contribution in [3.63, 3.8) is 0 Å². The maximum absolute atomic E-state index is 12.4. The molecule has 0 bridgehead atoms. The van der Waals surface area contributed by atoms with E-state index >= 15 is 0 Å². The Labute approximate surface area is 111 Å². The second-order valence-electron chi connectivity index (χ2n) is 5.37. The molecule has 1 aliphatic heterocycles. The first-order valence-corrected chi connectivity index (χ1v) is 8.09. The van der Waals surface area contributed by atoms with Crippen LogP contribution in [-0.2, 0) is 14.8 Å². The lowest BCUT2D eigenvalue weighted by Crippen LogP contribution is -2.47. The minimum atomic E-state index is -3.26. The van der Waals surface area contributed by atoms with Gasteiger partial charge in [0.15, 0.2) is 0 Å². The Kier molecular flexibility index (Phi) is 5.58. The van der Waals surface area contributed by atoms with Crippen LogP contribution in [0.1, 0.15) is 34.1 Å². The van der Waals surface area contributed by atoms with Gasteiger partial charge in [0.25, 0.3) is 0 Å². The van der Waals surface area contributed by atoms with E-state index in [1.54, 1.807) is 14.0 Å². The van der Waals surface area contributed by atoms with Crippen molar-refractivity contribution < 1.29 is 13.2 Å². The summed E-state index contributed by atoms with van der Waals surface area (Å²) in [6, 6.07) is 0.262. The topological polar surface area (TPSA) is 58.6 Å². The molecule has 18 heavy (non-hydrogen) atoms. The van der Waals surface area contributed by atoms with Crippen molar-refractivity contribution in [1.82, 2.24) is 9.62 Å². The maximum atomic E-state index is 12.4. The molecule has 0 aromatic rings. The molecule has 1 heterocycles. The smallest absolute Gasteiger partial charge is 0.218 e. The van der Waals surface area contributed by atoms with Gasteiger partial charge in [-0.2, -0.15) is 4.31 Å². The van der Waals surface area contributed by atoms with Gasteiger partial charge in [-0.3, -0.25) is 0 Å². The third-order valence-electron chi connectivity index (χ3n) is 3.53. The number of hydrogen-bond acceptors (Lipinski definition) is 4. The molecule has 1 aliphatic rings. The minimum absolute atomic E-state index is 0.0185. The summed E-state index contributed by atoms with van der Waals surface area (Å²) >= 11 is 0. The van der Waals surface area contributed by atoms with E-state index < -0.39 is 15.3 Å². The van der Waals surface area contributed by atoms with Gasteiger partial charge in [0.1, 0.15) is 0 Å². The molecule has 0 amide bonds. The molecule has 1 fully saturated rings. The number of nitrogens with one attached hydrogen (secondary N) is 1. The van der Waals surface area contributed by atoms with Crippen LogP contribution < -0.4 is 5.32 Å². The molecule has 0 aromatic heterocycles. The third kappa shape index (κ3) is 3.66. The number of likely N-dealkylation sites (N-methyl/N-ethyl adjacent to an activating group) is 1.